The predicted molar refractivity (Wildman–Crippen MR) is 70.5 cm³/mol. The van der Waals surface area contributed by atoms with E-state index in [0.29, 0.717) is 17.0 Å². The van der Waals surface area contributed by atoms with Crippen molar-refractivity contribution in [2.45, 2.75) is 18.9 Å². The molecule has 1 aliphatic heterocycles. The third-order valence-electron chi connectivity index (χ3n) is 3.44. The largest absolute Gasteiger partial charge is 0.480 e. The van der Waals surface area contributed by atoms with E-state index in [-0.39, 0.29) is 0 Å². The fourth-order valence-corrected chi connectivity index (χ4v) is 2.57. The van der Waals surface area contributed by atoms with Gasteiger partial charge in [0.2, 0.25) is 0 Å². The lowest BCUT2D eigenvalue weighted by Crippen LogP contribution is -2.50. The van der Waals surface area contributed by atoms with E-state index in [2.05, 4.69) is 21.2 Å². The normalized spacial score (nSPS) is 21.2. The Morgan fingerprint density at radius 3 is 2.89 bits per heavy atom. The standard InChI is InChI=1S/C12H17BrN2O3/c1-12(11(16)17,9-3-4-10(13)18-9)15-7-2-5-14-6-8-15/h3-4,14H,2,5-8H2,1H3,(H,16,17). The first-order valence-corrected chi connectivity index (χ1v) is 6.79. The van der Waals surface area contributed by atoms with Crippen LogP contribution >= 0.6 is 15.9 Å². The molecule has 0 saturated carbocycles. The number of nitrogens with one attached hydrogen (secondary N) is 1. The molecule has 1 fully saturated rings. The summed E-state index contributed by atoms with van der Waals surface area (Å²) in [6.45, 7) is 4.86. The van der Waals surface area contributed by atoms with Crippen molar-refractivity contribution in [3.63, 3.8) is 0 Å². The molecule has 1 atom stereocenters. The molecule has 0 aliphatic carbocycles. The summed E-state index contributed by atoms with van der Waals surface area (Å²) in [5, 5.41) is 12.9. The van der Waals surface area contributed by atoms with Gasteiger partial charge in [-0.05, 0) is 48.0 Å². The number of hydrogen-bond acceptors (Lipinski definition) is 4. The number of carboxylic acid groups (broad SMARTS) is 1. The van der Waals surface area contributed by atoms with Crippen LogP contribution in [0.4, 0.5) is 0 Å². The highest BCUT2D eigenvalue weighted by atomic mass is 79.9. The van der Waals surface area contributed by atoms with Crippen LogP contribution in [0.1, 0.15) is 19.1 Å². The molecule has 2 N–H and O–H groups in total. The number of hydrogen-bond donors (Lipinski definition) is 2. The van der Waals surface area contributed by atoms with Crippen molar-refractivity contribution in [2.75, 3.05) is 26.2 Å². The molecule has 1 unspecified atom stereocenters. The van der Waals surface area contributed by atoms with Crippen LogP contribution in [0.3, 0.4) is 0 Å². The topological polar surface area (TPSA) is 65.7 Å². The maximum atomic E-state index is 11.7. The van der Waals surface area contributed by atoms with Crippen LogP contribution in [-0.2, 0) is 10.3 Å². The van der Waals surface area contributed by atoms with Crippen LogP contribution in [0.15, 0.2) is 21.2 Å². The summed E-state index contributed by atoms with van der Waals surface area (Å²) >= 11 is 3.22. The zero-order valence-electron chi connectivity index (χ0n) is 10.3. The van der Waals surface area contributed by atoms with Crippen molar-refractivity contribution in [3.8, 4) is 0 Å². The van der Waals surface area contributed by atoms with Gasteiger partial charge < -0.3 is 14.8 Å². The lowest BCUT2D eigenvalue weighted by molar-refractivity contribution is -0.152. The summed E-state index contributed by atoms with van der Waals surface area (Å²) < 4.78 is 6.03. The average molecular weight is 317 g/mol. The lowest BCUT2D eigenvalue weighted by atomic mass is 9.96. The predicted octanol–water partition coefficient (Wildman–Crippen LogP) is 1.64. The lowest BCUT2D eigenvalue weighted by Gasteiger charge is -2.35. The quantitative estimate of drug-likeness (QED) is 0.887. The fraction of sp³-hybridized carbons (Fsp3) is 0.583. The summed E-state index contributed by atoms with van der Waals surface area (Å²) in [5.41, 5.74) is -1.11. The minimum absolute atomic E-state index is 0.462. The highest BCUT2D eigenvalue weighted by Gasteiger charge is 2.44. The van der Waals surface area contributed by atoms with Gasteiger partial charge in [-0.1, -0.05) is 0 Å². The van der Waals surface area contributed by atoms with E-state index in [4.69, 9.17) is 4.42 Å². The molecule has 1 saturated heterocycles. The zero-order chi connectivity index (χ0) is 13.2. The molecular formula is C12H17BrN2O3. The van der Waals surface area contributed by atoms with Crippen molar-refractivity contribution in [1.29, 1.82) is 0 Å². The van der Waals surface area contributed by atoms with Gasteiger partial charge in [-0.15, -0.1) is 0 Å². The van der Waals surface area contributed by atoms with Crippen LogP contribution in [0.2, 0.25) is 0 Å². The highest BCUT2D eigenvalue weighted by molar-refractivity contribution is 9.10. The molecule has 1 aliphatic rings. The minimum atomic E-state index is -1.11. The Morgan fingerprint density at radius 2 is 2.28 bits per heavy atom. The highest BCUT2D eigenvalue weighted by Crippen LogP contribution is 2.32. The van der Waals surface area contributed by atoms with Gasteiger partial charge in [0.1, 0.15) is 5.76 Å². The van der Waals surface area contributed by atoms with Gasteiger partial charge in [-0.3, -0.25) is 4.90 Å². The minimum Gasteiger partial charge on any atom is -0.480 e. The Bertz CT molecular complexity index is 427. The van der Waals surface area contributed by atoms with Crippen molar-refractivity contribution in [2.24, 2.45) is 0 Å². The van der Waals surface area contributed by atoms with Gasteiger partial charge in [0, 0.05) is 19.6 Å². The summed E-state index contributed by atoms with van der Waals surface area (Å²) in [6.07, 6.45) is 0.935. The molecule has 2 heterocycles. The number of aliphatic carboxylic acids is 1. The molecule has 18 heavy (non-hydrogen) atoms. The van der Waals surface area contributed by atoms with Crippen molar-refractivity contribution >= 4 is 21.9 Å². The Hall–Kier alpha value is -0.850. The van der Waals surface area contributed by atoms with Crippen LogP contribution in [0, 0.1) is 0 Å². The summed E-state index contributed by atoms with van der Waals surface area (Å²) in [5.74, 6) is -0.421. The molecular weight excluding hydrogens is 300 g/mol. The number of halogens is 1. The third-order valence-corrected chi connectivity index (χ3v) is 3.87. The van der Waals surface area contributed by atoms with E-state index < -0.39 is 11.5 Å². The maximum Gasteiger partial charge on any atom is 0.331 e. The molecule has 0 radical (unpaired) electrons. The molecule has 0 aromatic carbocycles. The Morgan fingerprint density at radius 1 is 1.50 bits per heavy atom. The van der Waals surface area contributed by atoms with E-state index >= 15 is 0 Å². The molecule has 6 heteroatoms. The molecule has 100 valence electrons. The molecule has 2 rings (SSSR count). The molecule has 5 nitrogen and oxygen atoms in total. The molecule has 0 bridgehead atoms. The van der Waals surface area contributed by atoms with Gasteiger partial charge in [0.15, 0.2) is 10.2 Å². The van der Waals surface area contributed by atoms with Crippen molar-refractivity contribution < 1.29 is 14.3 Å². The first-order chi connectivity index (χ1) is 8.55. The molecule has 0 spiro atoms. The Kier molecular flexibility index (Phi) is 4.09. The van der Waals surface area contributed by atoms with Gasteiger partial charge in [-0.2, -0.15) is 0 Å². The summed E-state index contributed by atoms with van der Waals surface area (Å²) in [7, 11) is 0. The summed E-state index contributed by atoms with van der Waals surface area (Å²) in [4.78, 5) is 13.7. The van der Waals surface area contributed by atoms with E-state index in [1.165, 1.54) is 0 Å². The van der Waals surface area contributed by atoms with Gasteiger partial charge in [-0.25, -0.2) is 4.79 Å². The second-order valence-electron chi connectivity index (χ2n) is 4.57. The Labute approximate surface area is 114 Å². The van der Waals surface area contributed by atoms with Crippen LogP contribution < -0.4 is 5.32 Å². The van der Waals surface area contributed by atoms with Crippen molar-refractivity contribution in [3.05, 3.63) is 22.6 Å². The number of nitrogens with zero attached hydrogens (tertiary/aromatic N) is 1. The van der Waals surface area contributed by atoms with Crippen molar-refractivity contribution in [1.82, 2.24) is 10.2 Å². The average Bonchev–Trinajstić information content (AvgIpc) is 2.62. The van der Waals surface area contributed by atoms with E-state index in [0.717, 1.165) is 26.1 Å². The third kappa shape index (κ3) is 2.46. The van der Waals surface area contributed by atoms with Gasteiger partial charge >= 0.3 is 5.97 Å². The second-order valence-corrected chi connectivity index (χ2v) is 5.35. The molecule has 1 aromatic rings. The maximum absolute atomic E-state index is 11.7. The monoisotopic (exact) mass is 316 g/mol. The smallest absolute Gasteiger partial charge is 0.331 e. The molecule has 1 aromatic heterocycles. The van der Waals surface area contributed by atoms with E-state index in [1.807, 2.05) is 4.90 Å². The molecule has 0 amide bonds. The number of furan rings is 1. The van der Waals surface area contributed by atoms with Gasteiger partial charge in [0.25, 0.3) is 0 Å². The van der Waals surface area contributed by atoms with Crippen LogP contribution in [-0.4, -0.2) is 42.2 Å². The van der Waals surface area contributed by atoms with Crippen LogP contribution in [0.5, 0.6) is 0 Å². The first-order valence-electron chi connectivity index (χ1n) is 6.00. The van der Waals surface area contributed by atoms with E-state index in [9.17, 15) is 9.90 Å². The number of carbonyl (C=O) groups is 1. The number of rotatable bonds is 3. The first kappa shape index (κ1) is 13.6. The van der Waals surface area contributed by atoms with Gasteiger partial charge in [0.05, 0.1) is 0 Å². The number of carboxylic acids is 1. The second kappa shape index (κ2) is 5.42. The van der Waals surface area contributed by atoms with E-state index in [1.54, 1.807) is 19.1 Å². The SMILES string of the molecule is CC(C(=O)O)(c1ccc(Br)o1)N1CCCNCC1. The summed E-state index contributed by atoms with van der Waals surface area (Å²) in [6, 6.07) is 3.45. The van der Waals surface area contributed by atoms with Crippen LogP contribution in [0.25, 0.3) is 0 Å². The fourth-order valence-electron chi connectivity index (χ4n) is 2.27. The zero-order valence-corrected chi connectivity index (χ0v) is 11.9. The Balaban J connectivity index is 2.33.